The summed E-state index contributed by atoms with van der Waals surface area (Å²) in [6.45, 7) is 2.75. The highest BCUT2D eigenvalue weighted by Crippen LogP contribution is 2.46. The minimum atomic E-state index is -3.16. The summed E-state index contributed by atoms with van der Waals surface area (Å²) in [4.78, 5) is 21.7. The molecule has 0 spiro atoms. The SMILES string of the molecule is C#CCCOP(=O)(CC(C)=O)CC(C)=O. The number of ketones is 2. The Morgan fingerprint density at radius 3 is 2.07 bits per heavy atom. The molecule has 0 rings (SSSR count). The Bertz CT molecular complexity index is 307. The van der Waals surface area contributed by atoms with Gasteiger partial charge in [-0.2, -0.15) is 0 Å². The van der Waals surface area contributed by atoms with Gasteiger partial charge in [-0.25, -0.2) is 0 Å². The van der Waals surface area contributed by atoms with Gasteiger partial charge < -0.3 is 4.52 Å². The summed E-state index contributed by atoms with van der Waals surface area (Å²) in [7, 11) is -3.16. The first-order chi connectivity index (χ1) is 6.89. The first-order valence-corrected chi connectivity index (χ1v) is 6.54. The average molecular weight is 230 g/mol. The second-order valence-corrected chi connectivity index (χ2v) is 5.84. The van der Waals surface area contributed by atoms with Crippen molar-refractivity contribution in [1.82, 2.24) is 0 Å². The van der Waals surface area contributed by atoms with Gasteiger partial charge in [-0.15, -0.1) is 12.3 Å². The van der Waals surface area contributed by atoms with Crippen LogP contribution in [0.5, 0.6) is 0 Å². The molecule has 0 bridgehead atoms. The molecule has 0 saturated carbocycles. The Hall–Kier alpha value is -0.910. The van der Waals surface area contributed by atoms with Crippen LogP contribution in [0.1, 0.15) is 20.3 Å². The number of rotatable bonds is 7. The van der Waals surface area contributed by atoms with Crippen LogP contribution in [-0.2, 0) is 18.7 Å². The second-order valence-electron chi connectivity index (χ2n) is 3.32. The molecule has 0 atom stereocenters. The van der Waals surface area contributed by atoms with Crippen molar-refractivity contribution >= 4 is 18.9 Å². The summed E-state index contributed by atoms with van der Waals surface area (Å²) in [5, 5.41) is 0. The van der Waals surface area contributed by atoms with Crippen LogP contribution in [0.2, 0.25) is 0 Å². The van der Waals surface area contributed by atoms with E-state index in [4.69, 9.17) is 10.9 Å². The lowest BCUT2D eigenvalue weighted by atomic mass is 10.5. The van der Waals surface area contributed by atoms with Gasteiger partial charge in [0.15, 0.2) is 0 Å². The largest absolute Gasteiger partial charge is 0.327 e. The highest BCUT2D eigenvalue weighted by Gasteiger charge is 2.26. The standard InChI is InChI=1S/C10H15O4P/c1-4-5-6-14-15(13,7-9(2)11)8-10(3)12/h1H,5-8H2,2-3H3. The molecule has 4 nitrogen and oxygen atoms in total. The normalized spacial score (nSPS) is 10.7. The van der Waals surface area contributed by atoms with E-state index in [0.29, 0.717) is 6.42 Å². The van der Waals surface area contributed by atoms with E-state index in [2.05, 4.69) is 5.92 Å². The van der Waals surface area contributed by atoms with Crippen molar-refractivity contribution in [2.75, 3.05) is 18.9 Å². The van der Waals surface area contributed by atoms with Crippen molar-refractivity contribution in [3.05, 3.63) is 0 Å². The van der Waals surface area contributed by atoms with Crippen molar-refractivity contribution in [2.45, 2.75) is 20.3 Å². The molecule has 0 unspecified atom stereocenters. The maximum atomic E-state index is 12.0. The van der Waals surface area contributed by atoms with Crippen LogP contribution in [0, 0.1) is 12.3 Å². The fourth-order valence-electron chi connectivity index (χ4n) is 1.10. The fraction of sp³-hybridized carbons (Fsp3) is 0.600. The van der Waals surface area contributed by atoms with Gasteiger partial charge in [0, 0.05) is 6.42 Å². The van der Waals surface area contributed by atoms with E-state index < -0.39 is 7.37 Å². The van der Waals surface area contributed by atoms with Crippen molar-refractivity contribution in [1.29, 1.82) is 0 Å². The van der Waals surface area contributed by atoms with Gasteiger partial charge >= 0.3 is 0 Å². The molecule has 0 saturated heterocycles. The van der Waals surface area contributed by atoms with Gasteiger partial charge in [0.2, 0.25) is 7.37 Å². The van der Waals surface area contributed by atoms with E-state index in [1.54, 1.807) is 0 Å². The van der Waals surface area contributed by atoms with E-state index in [-0.39, 0.29) is 30.5 Å². The summed E-state index contributed by atoms with van der Waals surface area (Å²) < 4.78 is 17.0. The third-order valence-corrected chi connectivity index (χ3v) is 4.01. The van der Waals surface area contributed by atoms with Crippen molar-refractivity contribution in [2.24, 2.45) is 0 Å². The third-order valence-electron chi connectivity index (χ3n) is 1.50. The monoisotopic (exact) mass is 230 g/mol. The van der Waals surface area contributed by atoms with Crippen LogP contribution in [-0.4, -0.2) is 30.5 Å². The van der Waals surface area contributed by atoms with Crippen LogP contribution in [0.4, 0.5) is 0 Å². The molecule has 0 aromatic heterocycles. The van der Waals surface area contributed by atoms with Gasteiger partial charge in [-0.1, -0.05) is 0 Å². The molecule has 0 radical (unpaired) electrons. The molecule has 0 N–H and O–H groups in total. The number of Topliss-reactive ketones (excluding diaryl/α,β-unsaturated/α-hetero) is 2. The van der Waals surface area contributed by atoms with Crippen LogP contribution in [0.25, 0.3) is 0 Å². The molecule has 0 heterocycles. The first kappa shape index (κ1) is 14.1. The van der Waals surface area contributed by atoms with Gasteiger partial charge in [-0.3, -0.25) is 14.2 Å². The molecule has 0 amide bonds. The Morgan fingerprint density at radius 2 is 1.73 bits per heavy atom. The van der Waals surface area contributed by atoms with E-state index in [0.717, 1.165) is 0 Å². The molecule has 0 fully saturated rings. The smallest absolute Gasteiger partial charge is 0.217 e. The lowest BCUT2D eigenvalue weighted by Gasteiger charge is -2.15. The summed E-state index contributed by atoms with van der Waals surface area (Å²) >= 11 is 0. The summed E-state index contributed by atoms with van der Waals surface area (Å²) in [6, 6.07) is 0. The number of carbonyl (C=O) groups is 2. The molecule has 0 aliphatic rings. The molecular formula is C10H15O4P. The Labute approximate surface area is 89.8 Å². The highest BCUT2D eigenvalue weighted by atomic mass is 31.2. The maximum absolute atomic E-state index is 12.0. The van der Waals surface area contributed by atoms with Gasteiger partial charge in [0.05, 0.1) is 18.9 Å². The molecule has 84 valence electrons. The van der Waals surface area contributed by atoms with Crippen molar-refractivity contribution in [3.63, 3.8) is 0 Å². The number of carbonyl (C=O) groups excluding carboxylic acids is 2. The van der Waals surface area contributed by atoms with Crippen LogP contribution in [0.15, 0.2) is 0 Å². The molecule has 0 aromatic rings. The number of hydrogen-bond acceptors (Lipinski definition) is 4. The fourth-order valence-corrected chi connectivity index (χ4v) is 3.17. The molecule has 0 aliphatic heterocycles. The van der Waals surface area contributed by atoms with Crippen LogP contribution < -0.4 is 0 Å². The van der Waals surface area contributed by atoms with Crippen LogP contribution >= 0.6 is 7.37 Å². The zero-order valence-corrected chi connectivity index (χ0v) is 9.88. The average Bonchev–Trinajstić information content (AvgIpc) is 2.00. The Morgan fingerprint density at radius 1 is 1.27 bits per heavy atom. The lowest BCUT2D eigenvalue weighted by molar-refractivity contribution is -0.115. The third kappa shape index (κ3) is 7.07. The lowest BCUT2D eigenvalue weighted by Crippen LogP contribution is -2.11. The van der Waals surface area contributed by atoms with E-state index in [1.807, 2.05) is 0 Å². The molecular weight excluding hydrogens is 215 g/mol. The molecule has 15 heavy (non-hydrogen) atoms. The zero-order chi connectivity index (χ0) is 11.9. The van der Waals surface area contributed by atoms with Crippen molar-refractivity contribution < 1.29 is 18.7 Å². The maximum Gasteiger partial charge on any atom is 0.217 e. The minimum absolute atomic E-state index is 0.119. The minimum Gasteiger partial charge on any atom is -0.327 e. The predicted molar refractivity (Wildman–Crippen MR) is 58.1 cm³/mol. The van der Waals surface area contributed by atoms with E-state index in [9.17, 15) is 14.2 Å². The molecule has 5 heteroatoms. The topological polar surface area (TPSA) is 60.4 Å². The first-order valence-electron chi connectivity index (χ1n) is 4.54. The second kappa shape index (κ2) is 6.55. The Balaban J connectivity index is 4.42. The number of hydrogen-bond donors (Lipinski definition) is 0. The highest BCUT2D eigenvalue weighted by molar-refractivity contribution is 7.60. The Kier molecular flexibility index (Phi) is 6.15. The predicted octanol–water partition coefficient (Wildman–Crippen LogP) is 1.48. The zero-order valence-electron chi connectivity index (χ0n) is 8.99. The number of terminal acetylenes is 1. The summed E-state index contributed by atoms with van der Waals surface area (Å²) in [5.41, 5.74) is 0. The van der Waals surface area contributed by atoms with Gasteiger partial charge in [0.25, 0.3) is 0 Å². The summed E-state index contributed by atoms with van der Waals surface area (Å²) in [5.74, 6) is 1.83. The van der Waals surface area contributed by atoms with Gasteiger partial charge in [0.1, 0.15) is 11.6 Å². The van der Waals surface area contributed by atoms with Gasteiger partial charge in [-0.05, 0) is 13.8 Å². The van der Waals surface area contributed by atoms with E-state index >= 15 is 0 Å². The molecule has 0 aromatic carbocycles. The molecule has 0 aliphatic carbocycles. The van der Waals surface area contributed by atoms with Crippen molar-refractivity contribution in [3.8, 4) is 12.3 Å². The summed E-state index contributed by atoms with van der Waals surface area (Å²) in [6.07, 6.45) is 4.93. The quantitative estimate of drug-likeness (QED) is 0.377. The van der Waals surface area contributed by atoms with E-state index in [1.165, 1.54) is 13.8 Å². The van der Waals surface area contributed by atoms with Crippen LogP contribution in [0.3, 0.4) is 0 Å².